The standard InChI is InChI=1S/C17H18N2O3/c1-12(20)18-15-9-8-13(10-16(15)22-2)11-17(21)19-14-6-4-3-5-7-14/h3-10H,11H2,1-2H3,(H,18,20)(H,19,21). The van der Waals surface area contributed by atoms with E-state index in [-0.39, 0.29) is 18.2 Å². The highest BCUT2D eigenvalue weighted by Crippen LogP contribution is 2.25. The molecule has 0 bridgehead atoms. The monoisotopic (exact) mass is 298 g/mol. The van der Waals surface area contributed by atoms with Crippen LogP contribution in [-0.4, -0.2) is 18.9 Å². The van der Waals surface area contributed by atoms with Gasteiger partial charge in [0.05, 0.1) is 19.2 Å². The predicted molar refractivity (Wildman–Crippen MR) is 86.1 cm³/mol. The van der Waals surface area contributed by atoms with Gasteiger partial charge in [-0.2, -0.15) is 0 Å². The Bertz CT molecular complexity index is 669. The number of carbonyl (C=O) groups is 2. The Balaban J connectivity index is 2.06. The maximum absolute atomic E-state index is 12.0. The topological polar surface area (TPSA) is 67.4 Å². The van der Waals surface area contributed by atoms with Crippen molar-refractivity contribution in [2.24, 2.45) is 0 Å². The molecule has 2 aromatic rings. The van der Waals surface area contributed by atoms with Gasteiger partial charge in [-0.1, -0.05) is 24.3 Å². The van der Waals surface area contributed by atoms with Gasteiger partial charge in [0.2, 0.25) is 11.8 Å². The molecule has 2 amide bonds. The van der Waals surface area contributed by atoms with Crippen molar-refractivity contribution in [2.45, 2.75) is 13.3 Å². The molecule has 0 radical (unpaired) electrons. The van der Waals surface area contributed by atoms with Gasteiger partial charge < -0.3 is 15.4 Å². The second kappa shape index (κ2) is 7.26. The lowest BCUT2D eigenvalue weighted by atomic mass is 10.1. The third-order valence-electron chi connectivity index (χ3n) is 3.00. The van der Waals surface area contributed by atoms with Gasteiger partial charge in [-0.25, -0.2) is 0 Å². The fourth-order valence-electron chi connectivity index (χ4n) is 2.05. The Morgan fingerprint density at radius 2 is 1.77 bits per heavy atom. The first-order chi connectivity index (χ1) is 10.6. The van der Waals surface area contributed by atoms with Crippen LogP contribution in [0.3, 0.4) is 0 Å². The second-order valence-electron chi connectivity index (χ2n) is 4.81. The minimum absolute atomic E-state index is 0.111. The number of methoxy groups -OCH3 is 1. The van der Waals surface area contributed by atoms with Crippen molar-refractivity contribution in [3.05, 3.63) is 54.1 Å². The third kappa shape index (κ3) is 4.34. The Hall–Kier alpha value is -2.82. The van der Waals surface area contributed by atoms with E-state index >= 15 is 0 Å². The van der Waals surface area contributed by atoms with Crippen LogP contribution in [0.1, 0.15) is 12.5 Å². The van der Waals surface area contributed by atoms with Crippen LogP contribution in [0.15, 0.2) is 48.5 Å². The SMILES string of the molecule is COc1cc(CC(=O)Nc2ccccc2)ccc1NC(C)=O. The zero-order valence-corrected chi connectivity index (χ0v) is 12.6. The molecule has 0 saturated heterocycles. The van der Waals surface area contributed by atoms with Crippen LogP contribution in [0.25, 0.3) is 0 Å². The van der Waals surface area contributed by atoms with Crippen molar-refractivity contribution in [3.8, 4) is 5.75 Å². The van der Waals surface area contributed by atoms with Gasteiger partial charge in [-0.05, 0) is 29.8 Å². The van der Waals surface area contributed by atoms with E-state index in [0.29, 0.717) is 11.4 Å². The van der Waals surface area contributed by atoms with Crippen LogP contribution in [-0.2, 0) is 16.0 Å². The Morgan fingerprint density at radius 1 is 1.05 bits per heavy atom. The molecule has 0 aliphatic rings. The second-order valence-corrected chi connectivity index (χ2v) is 4.81. The average molecular weight is 298 g/mol. The summed E-state index contributed by atoms with van der Waals surface area (Å²) in [5.41, 5.74) is 2.15. The minimum Gasteiger partial charge on any atom is -0.495 e. The summed E-state index contributed by atoms with van der Waals surface area (Å²) in [6, 6.07) is 14.5. The molecule has 0 aliphatic carbocycles. The molecular formula is C17H18N2O3. The summed E-state index contributed by atoms with van der Waals surface area (Å²) >= 11 is 0. The van der Waals surface area contributed by atoms with Crippen molar-refractivity contribution >= 4 is 23.2 Å². The molecule has 2 aromatic carbocycles. The predicted octanol–water partition coefficient (Wildman–Crippen LogP) is 2.83. The van der Waals surface area contributed by atoms with Crippen molar-refractivity contribution in [2.75, 3.05) is 17.7 Å². The Kier molecular flexibility index (Phi) is 5.14. The normalized spacial score (nSPS) is 9.91. The minimum atomic E-state index is -0.173. The van der Waals surface area contributed by atoms with Gasteiger partial charge in [0.1, 0.15) is 5.75 Å². The summed E-state index contributed by atoms with van der Waals surface area (Å²) in [4.78, 5) is 23.1. The fraction of sp³-hybridized carbons (Fsp3) is 0.176. The van der Waals surface area contributed by atoms with Gasteiger partial charge in [-0.15, -0.1) is 0 Å². The highest BCUT2D eigenvalue weighted by atomic mass is 16.5. The number of carbonyl (C=O) groups excluding carboxylic acids is 2. The molecule has 0 aromatic heterocycles. The Morgan fingerprint density at radius 3 is 2.41 bits per heavy atom. The Labute approximate surface area is 129 Å². The number of hydrogen-bond donors (Lipinski definition) is 2. The number of hydrogen-bond acceptors (Lipinski definition) is 3. The van der Waals surface area contributed by atoms with E-state index in [4.69, 9.17) is 4.74 Å². The molecule has 22 heavy (non-hydrogen) atoms. The maximum Gasteiger partial charge on any atom is 0.228 e. The molecule has 0 spiro atoms. The number of rotatable bonds is 5. The zero-order chi connectivity index (χ0) is 15.9. The molecule has 5 heteroatoms. The number of nitrogens with one attached hydrogen (secondary N) is 2. The summed E-state index contributed by atoms with van der Waals surface area (Å²) in [6.07, 6.45) is 0.228. The lowest BCUT2D eigenvalue weighted by molar-refractivity contribution is -0.116. The molecule has 2 N–H and O–H groups in total. The smallest absolute Gasteiger partial charge is 0.228 e. The maximum atomic E-state index is 12.0. The lowest BCUT2D eigenvalue weighted by Crippen LogP contribution is -2.14. The van der Waals surface area contributed by atoms with Crippen molar-refractivity contribution in [1.82, 2.24) is 0 Å². The third-order valence-corrected chi connectivity index (χ3v) is 3.00. The molecule has 0 saturated carbocycles. The van der Waals surface area contributed by atoms with Gasteiger partial charge in [0.15, 0.2) is 0 Å². The van der Waals surface area contributed by atoms with Crippen molar-refractivity contribution in [1.29, 1.82) is 0 Å². The highest BCUT2D eigenvalue weighted by Gasteiger charge is 2.09. The van der Waals surface area contributed by atoms with E-state index in [0.717, 1.165) is 11.3 Å². The average Bonchev–Trinajstić information content (AvgIpc) is 2.49. The lowest BCUT2D eigenvalue weighted by Gasteiger charge is -2.11. The fourth-order valence-corrected chi connectivity index (χ4v) is 2.05. The summed E-state index contributed by atoms with van der Waals surface area (Å²) in [5, 5.41) is 5.51. The summed E-state index contributed by atoms with van der Waals surface area (Å²) in [7, 11) is 1.52. The van der Waals surface area contributed by atoms with Crippen LogP contribution >= 0.6 is 0 Å². The number of anilines is 2. The van der Waals surface area contributed by atoms with Crippen LogP contribution < -0.4 is 15.4 Å². The van der Waals surface area contributed by atoms with E-state index in [1.165, 1.54) is 14.0 Å². The summed E-state index contributed by atoms with van der Waals surface area (Å²) < 4.78 is 5.24. The highest BCUT2D eigenvalue weighted by molar-refractivity contribution is 5.93. The summed E-state index contributed by atoms with van der Waals surface area (Å²) in [6.45, 7) is 1.43. The molecule has 114 valence electrons. The number of amides is 2. The summed E-state index contributed by atoms with van der Waals surface area (Å²) in [5.74, 6) is 0.244. The van der Waals surface area contributed by atoms with Gasteiger partial charge in [0, 0.05) is 12.6 Å². The van der Waals surface area contributed by atoms with E-state index in [2.05, 4.69) is 10.6 Å². The quantitative estimate of drug-likeness (QED) is 0.892. The molecule has 0 aliphatic heterocycles. The largest absolute Gasteiger partial charge is 0.495 e. The van der Waals surface area contributed by atoms with Gasteiger partial charge in [-0.3, -0.25) is 9.59 Å². The molecule has 0 heterocycles. The van der Waals surface area contributed by atoms with E-state index in [1.54, 1.807) is 18.2 Å². The van der Waals surface area contributed by atoms with E-state index in [1.807, 2.05) is 30.3 Å². The van der Waals surface area contributed by atoms with Crippen molar-refractivity contribution in [3.63, 3.8) is 0 Å². The first kappa shape index (κ1) is 15.6. The van der Waals surface area contributed by atoms with Gasteiger partial charge in [0.25, 0.3) is 0 Å². The van der Waals surface area contributed by atoms with Gasteiger partial charge >= 0.3 is 0 Å². The first-order valence-electron chi connectivity index (χ1n) is 6.88. The molecule has 2 rings (SSSR count). The van der Waals surface area contributed by atoms with Crippen LogP contribution in [0.2, 0.25) is 0 Å². The van der Waals surface area contributed by atoms with E-state index in [9.17, 15) is 9.59 Å². The van der Waals surface area contributed by atoms with Crippen molar-refractivity contribution < 1.29 is 14.3 Å². The molecule has 0 atom stereocenters. The van der Waals surface area contributed by atoms with Crippen LogP contribution in [0.5, 0.6) is 5.75 Å². The molecule has 0 unspecified atom stereocenters. The number of ether oxygens (including phenoxy) is 1. The molecular weight excluding hydrogens is 280 g/mol. The number of benzene rings is 2. The number of para-hydroxylation sites is 1. The van der Waals surface area contributed by atoms with Crippen LogP contribution in [0.4, 0.5) is 11.4 Å². The first-order valence-corrected chi connectivity index (χ1v) is 6.88. The molecule has 0 fully saturated rings. The van der Waals surface area contributed by atoms with E-state index < -0.39 is 0 Å². The zero-order valence-electron chi connectivity index (χ0n) is 12.6. The van der Waals surface area contributed by atoms with Crippen LogP contribution in [0, 0.1) is 0 Å². The molecule has 5 nitrogen and oxygen atoms in total.